The van der Waals surface area contributed by atoms with Gasteiger partial charge in [0.1, 0.15) is 0 Å². The van der Waals surface area contributed by atoms with Gasteiger partial charge in [-0.3, -0.25) is 0 Å². The Bertz CT molecular complexity index is 183. The minimum atomic E-state index is -1.54. The number of ether oxygens (including phenoxy) is 2. The molecule has 0 spiro atoms. The number of rotatable bonds is 9. The van der Waals surface area contributed by atoms with Crippen LogP contribution in [0.2, 0.25) is 5.54 Å². The lowest BCUT2D eigenvalue weighted by molar-refractivity contribution is 0.0474. The Morgan fingerprint density at radius 2 is 2.00 bits per heavy atom. The lowest BCUT2D eigenvalue weighted by Gasteiger charge is -2.23. The Morgan fingerprint density at radius 1 is 1.38 bits per heavy atom. The number of epoxide rings is 1. The largest absolute Gasteiger partial charge is 0.400 e. The third-order valence-corrected chi connectivity index (χ3v) is 5.33. The van der Waals surface area contributed by atoms with Crippen molar-refractivity contribution in [3.63, 3.8) is 0 Å². The highest BCUT2D eigenvalue weighted by Gasteiger charge is 2.27. The van der Waals surface area contributed by atoms with Gasteiger partial charge in [-0.1, -0.05) is 6.92 Å². The predicted octanol–water partition coefficient (Wildman–Crippen LogP) is 1.47. The quantitative estimate of drug-likeness (QED) is 0.458. The second-order valence-electron chi connectivity index (χ2n) is 4.34. The molecular formula is C11H24O4Si. The molecule has 1 saturated heterocycles. The molecule has 1 aliphatic rings. The van der Waals surface area contributed by atoms with Crippen molar-refractivity contribution >= 4 is 9.28 Å². The summed E-state index contributed by atoms with van der Waals surface area (Å²) < 4.78 is 21.8. The fraction of sp³-hybridized carbons (Fsp3) is 1.00. The van der Waals surface area contributed by atoms with Crippen molar-refractivity contribution in [2.24, 2.45) is 0 Å². The summed E-state index contributed by atoms with van der Waals surface area (Å²) in [6.45, 7) is 5.90. The molecule has 3 unspecified atom stereocenters. The van der Waals surface area contributed by atoms with E-state index in [1.165, 1.54) is 0 Å². The molecule has 0 aromatic heterocycles. The zero-order chi connectivity index (χ0) is 12.0. The van der Waals surface area contributed by atoms with Crippen molar-refractivity contribution in [3.8, 4) is 0 Å². The van der Waals surface area contributed by atoms with Crippen molar-refractivity contribution in [1.29, 1.82) is 0 Å². The van der Waals surface area contributed by atoms with Crippen LogP contribution in [-0.2, 0) is 18.3 Å². The molecule has 0 saturated carbocycles. The van der Waals surface area contributed by atoms with E-state index in [4.69, 9.17) is 18.3 Å². The molecule has 1 heterocycles. The summed E-state index contributed by atoms with van der Waals surface area (Å²) in [5.74, 6) is 0. The number of hydrogen-bond donors (Lipinski definition) is 0. The monoisotopic (exact) mass is 248 g/mol. The van der Waals surface area contributed by atoms with E-state index >= 15 is 0 Å². The van der Waals surface area contributed by atoms with E-state index in [1.54, 1.807) is 14.2 Å². The fourth-order valence-electron chi connectivity index (χ4n) is 1.80. The normalized spacial score (nSPS) is 23.4. The predicted molar refractivity (Wildman–Crippen MR) is 65.0 cm³/mol. The average molecular weight is 248 g/mol. The second kappa shape index (κ2) is 7.40. The van der Waals surface area contributed by atoms with Crippen LogP contribution in [0.25, 0.3) is 0 Å². The van der Waals surface area contributed by atoms with Gasteiger partial charge < -0.3 is 18.3 Å². The molecule has 3 atom stereocenters. The van der Waals surface area contributed by atoms with E-state index in [0.29, 0.717) is 11.6 Å². The van der Waals surface area contributed by atoms with Crippen molar-refractivity contribution < 1.29 is 18.3 Å². The first-order chi connectivity index (χ1) is 7.71. The van der Waals surface area contributed by atoms with Crippen molar-refractivity contribution in [2.45, 2.75) is 44.4 Å². The summed E-state index contributed by atoms with van der Waals surface area (Å²) in [5.41, 5.74) is 0.428. The van der Waals surface area contributed by atoms with E-state index in [2.05, 4.69) is 13.8 Å². The van der Waals surface area contributed by atoms with Crippen LogP contribution in [0, 0.1) is 0 Å². The van der Waals surface area contributed by atoms with E-state index < -0.39 is 9.28 Å². The Kier molecular flexibility index (Phi) is 6.53. The van der Waals surface area contributed by atoms with Gasteiger partial charge in [0.2, 0.25) is 0 Å². The van der Waals surface area contributed by atoms with E-state index in [-0.39, 0.29) is 6.10 Å². The summed E-state index contributed by atoms with van der Waals surface area (Å²) in [4.78, 5) is 0. The molecular weight excluding hydrogens is 224 g/mol. The SMILES string of the molecule is CCC(COC(C)CC1CO1)[SiH](OC)OC. The van der Waals surface area contributed by atoms with Crippen molar-refractivity contribution in [3.05, 3.63) is 0 Å². The molecule has 5 heteroatoms. The average Bonchev–Trinajstić information content (AvgIpc) is 3.08. The third-order valence-electron chi connectivity index (χ3n) is 2.97. The standard InChI is InChI=1S/C11H24O4Si/c1-5-11(16(12-3)13-4)8-14-9(2)6-10-7-15-10/h9-11,16H,5-8H2,1-4H3. The molecule has 0 aromatic rings. The lowest BCUT2D eigenvalue weighted by Crippen LogP contribution is -2.30. The van der Waals surface area contributed by atoms with Gasteiger partial charge in [-0.25, -0.2) is 0 Å². The maximum absolute atomic E-state index is 5.83. The Balaban J connectivity index is 2.20. The smallest absolute Gasteiger partial charge is 0.326 e. The van der Waals surface area contributed by atoms with Gasteiger partial charge in [-0.15, -0.1) is 0 Å². The molecule has 0 aliphatic carbocycles. The van der Waals surface area contributed by atoms with Gasteiger partial charge in [0.25, 0.3) is 0 Å². The summed E-state index contributed by atoms with van der Waals surface area (Å²) in [7, 11) is 1.91. The first kappa shape index (κ1) is 14.1. The van der Waals surface area contributed by atoms with E-state index in [1.807, 2.05) is 0 Å². The van der Waals surface area contributed by atoms with E-state index in [0.717, 1.165) is 26.1 Å². The zero-order valence-electron chi connectivity index (χ0n) is 10.8. The maximum atomic E-state index is 5.83. The number of hydrogen-bond acceptors (Lipinski definition) is 4. The molecule has 0 amide bonds. The molecule has 1 aliphatic heterocycles. The van der Waals surface area contributed by atoms with Crippen LogP contribution in [0.5, 0.6) is 0 Å². The van der Waals surface area contributed by atoms with Crippen molar-refractivity contribution in [1.82, 2.24) is 0 Å². The molecule has 4 nitrogen and oxygen atoms in total. The maximum Gasteiger partial charge on any atom is 0.326 e. The minimum absolute atomic E-state index is 0.268. The molecule has 0 N–H and O–H groups in total. The van der Waals surface area contributed by atoms with Crippen LogP contribution in [0.1, 0.15) is 26.7 Å². The molecule has 1 fully saturated rings. The first-order valence-corrected chi connectivity index (χ1v) is 7.61. The van der Waals surface area contributed by atoms with Crippen LogP contribution in [0.4, 0.5) is 0 Å². The van der Waals surface area contributed by atoms with Crippen molar-refractivity contribution in [2.75, 3.05) is 27.4 Å². The lowest BCUT2D eigenvalue weighted by atomic mass is 10.2. The third kappa shape index (κ3) is 4.93. The summed E-state index contributed by atoms with van der Waals surface area (Å²) in [6, 6.07) is 0. The van der Waals surface area contributed by atoms with Gasteiger partial charge in [0, 0.05) is 26.2 Å². The van der Waals surface area contributed by atoms with Crippen LogP contribution in [0.15, 0.2) is 0 Å². The first-order valence-electron chi connectivity index (χ1n) is 6.00. The zero-order valence-corrected chi connectivity index (χ0v) is 11.9. The van der Waals surface area contributed by atoms with Gasteiger partial charge in [0.05, 0.1) is 25.4 Å². The molecule has 96 valence electrons. The minimum Gasteiger partial charge on any atom is -0.400 e. The topological polar surface area (TPSA) is 40.2 Å². The summed E-state index contributed by atoms with van der Waals surface area (Å²) in [5, 5.41) is 0. The van der Waals surface area contributed by atoms with Crippen LogP contribution < -0.4 is 0 Å². The Hall–Kier alpha value is 0.0569. The van der Waals surface area contributed by atoms with Crippen LogP contribution in [0.3, 0.4) is 0 Å². The highest BCUT2D eigenvalue weighted by atomic mass is 28.3. The van der Waals surface area contributed by atoms with Gasteiger partial charge >= 0.3 is 9.28 Å². The second-order valence-corrected chi connectivity index (χ2v) is 6.97. The molecule has 0 bridgehead atoms. The Labute approximate surface area is 100 Å². The van der Waals surface area contributed by atoms with Gasteiger partial charge in [-0.2, -0.15) is 0 Å². The summed E-state index contributed by atoms with van der Waals surface area (Å²) >= 11 is 0. The van der Waals surface area contributed by atoms with Crippen LogP contribution in [-0.4, -0.2) is 48.9 Å². The summed E-state index contributed by atoms with van der Waals surface area (Å²) in [6.07, 6.45) is 2.76. The fourth-order valence-corrected chi connectivity index (χ4v) is 3.42. The van der Waals surface area contributed by atoms with Gasteiger partial charge in [0.15, 0.2) is 0 Å². The van der Waals surface area contributed by atoms with E-state index in [9.17, 15) is 0 Å². The molecule has 0 aromatic carbocycles. The van der Waals surface area contributed by atoms with Gasteiger partial charge in [-0.05, 0) is 13.3 Å². The highest BCUT2D eigenvalue weighted by molar-refractivity contribution is 6.46. The molecule has 16 heavy (non-hydrogen) atoms. The highest BCUT2D eigenvalue weighted by Crippen LogP contribution is 2.21. The van der Waals surface area contributed by atoms with Crippen LogP contribution >= 0.6 is 0 Å². The molecule has 0 radical (unpaired) electrons. The molecule has 1 rings (SSSR count). The Morgan fingerprint density at radius 3 is 2.44 bits per heavy atom.